The number of hydrogen-bond acceptors (Lipinski definition) is 5. The molecular formula is C22H22FN3O3. The van der Waals surface area contributed by atoms with E-state index in [2.05, 4.69) is 15.3 Å². The molecule has 0 aliphatic carbocycles. The van der Waals surface area contributed by atoms with Gasteiger partial charge in [-0.3, -0.25) is 9.78 Å². The molecule has 1 unspecified atom stereocenters. The minimum atomic E-state index is -1.23. The van der Waals surface area contributed by atoms with Gasteiger partial charge in [0.05, 0.1) is 18.9 Å². The van der Waals surface area contributed by atoms with Crippen LogP contribution in [0.5, 0.6) is 5.75 Å². The molecule has 2 heterocycles. The zero-order valence-corrected chi connectivity index (χ0v) is 16.4. The van der Waals surface area contributed by atoms with Crippen LogP contribution >= 0.6 is 0 Å². The number of carbonyl (C=O) groups is 1. The van der Waals surface area contributed by atoms with Crippen molar-refractivity contribution in [1.82, 2.24) is 9.97 Å². The molecule has 1 aromatic carbocycles. The highest BCUT2D eigenvalue weighted by atomic mass is 19.1. The highest BCUT2D eigenvalue weighted by Crippen LogP contribution is 2.33. The molecule has 0 aliphatic heterocycles. The van der Waals surface area contributed by atoms with E-state index in [-0.39, 0.29) is 16.9 Å². The summed E-state index contributed by atoms with van der Waals surface area (Å²) in [6.45, 7) is 3.39. The summed E-state index contributed by atoms with van der Waals surface area (Å²) in [6.07, 6.45) is 4.31. The number of aromatic nitrogens is 2. The van der Waals surface area contributed by atoms with E-state index in [9.17, 15) is 14.3 Å². The zero-order valence-electron chi connectivity index (χ0n) is 16.4. The highest BCUT2D eigenvalue weighted by molar-refractivity contribution is 6.04. The van der Waals surface area contributed by atoms with E-state index in [1.165, 1.54) is 19.3 Å². The maximum Gasteiger partial charge on any atom is 0.258 e. The van der Waals surface area contributed by atoms with Gasteiger partial charge in [0, 0.05) is 23.5 Å². The number of amides is 1. The number of nitrogens with zero attached hydrogens (tertiary/aromatic N) is 2. The number of pyridine rings is 2. The first-order valence-electron chi connectivity index (χ1n) is 9.14. The Morgan fingerprint density at radius 3 is 2.41 bits per heavy atom. The van der Waals surface area contributed by atoms with Gasteiger partial charge in [-0.25, -0.2) is 9.37 Å². The molecule has 29 heavy (non-hydrogen) atoms. The van der Waals surface area contributed by atoms with Crippen molar-refractivity contribution in [1.29, 1.82) is 0 Å². The first kappa shape index (κ1) is 20.4. The standard InChI is InChI=1S/C22H22FN3O3/c1-4-22(28,15-5-8-17(29-3)9-6-15)16-7-10-20(25-11-16)26-21(27)18-12-24-13-19(23)14(18)2/h5-13,28H,4H2,1-3H3,(H,25,26,27). The predicted octanol–water partition coefficient (Wildman–Crippen LogP) is 3.83. The summed E-state index contributed by atoms with van der Waals surface area (Å²) in [5, 5.41) is 13.8. The van der Waals surface area contributed by atoms with Gasteiger partial charge in [0.2, 0.25) is 0 Å². The van der Waals surface area contributed by atoms with Gasteiger partial charge in [-0.1, -0.05) is 25.1 Å². The van der Waals surface area contributed by atoms with Gasteiger partial charge in [0.1, 0.15) is 23.0 Å². The van der Waals surface area contributed by atoms with Crippen molar-refractivity contribution in [3.63, 3.8) is 0 Å². The monoisotopic (exact) mass is 395 g/mol. The molecule has 7 heteroatoms. The molecule has 1 atom stereocenters. The number of anilines is 1. The summed E-state index contributed by atoms with van der Waals surface area (Å²) >= 11 is 0. The molecule has 2 N–H and O–H groups in total. The number of hydrogen-bond donors (Lipinski definition) is 2. The third-order valence-electron chi connectivity index (χ3n) is 4.96. The topological polar surface area (TPSA) is 84.3 Å². The number of nitrogens with one attached hydrogen (secondary N) is 1. The maximum absolute atomic E-state index is 13.6. The Bertz CT molecular complexity index is 1010. The van der Waals surface area contributed by atoms with Gasteiger partial charge < -0.3 is 15.2 Å². The first-order valence-corrected chi connectivity index (χ1v) is 9.14. The lowest BCUT2D eigenvalue weighted by Crippen LogP contribution is -2.26. The van der Waals surface area contributed by atoms with E-state index in [1.807, 2.05) is 6.92 Å². The van der Waals surface area contributed by atoms with Crippen LogP contribution in [0.2, 0.25) is 0 Å². The van der Waals surface area contributed by atoms with Gasteiger partial charge in [-0.15, -0.1) is 0 Å². The van der Waals surface area contributed by atoms with Crippen LogP contribution in [0.3, 0.4) is 0 Å². The molecule has 0 aliphatic rings. The molecular weight excluding hydrogens is 373 g/mol. The molecule has 0 fully saturated rings. The van der Waals surface area contributed by atoms with E-state index >= 15 is 0 Å². The number of methoxy groups -OCH3 is 1. The number of carbonyl (C=O) groups excluding carboxylic acids is 1. The number of ether oxygens (including phenoxy) is 1. The normalized spacial score (nSPS) is 12.9. The molecule has 0 saturated carbocycles. The fourth-order valence-corrected chi connectivity index (χ4v) is 3.07. The molecule has 0 bridgehead atoms. The van der Waals surface area contributed by atoms with E-state index < -0.39 is 17.3 Å². The van der Waals surface area contributed by atoms with E-state index in [1.54, 1.807) is 43.5 Å². The average Bonchev–Trinajstić information content (AvgIpc) is 2.75. The lowest BCUT2D eigenvalue weighted by molar-refractivity contribution is 0.0761. The molecule has 150 valence electrons. The molecule has 2 aromatic heterocycles. The number of benzene rings is 1. The third kappa shape index (κ3) is 4.09. The number of halogens is 1. The van der Waals surface area contributed by atoms with Crippen LogP contribution in [0.1, 0.15) is 40.4 Å². The van der Waals surface area contributed by atoms with Gasteiger partial charge >= 0.3 is 0 Å². The van der Waals surface area contributed by atoms with Gasteiger partial charge in [-0.05, 0) is 37.1 Å². The van der Waals surface area contributed by atoms with Crippen molar-refractivity contribution >= 4 is 11.7 Å². The van der Waals surface area contributed by atoms with Crippen molar-refractivity contribution in [2.24, 2.45) is 0 Å². The Balaban J connectivity index is 1.82. The van der Waals surface area contributed by atoms with Gasteiger partial charge in [-0.2, -0.15) is 0 Å². The molecule has 3 aromatic rings. The van der Waals surface area contributed by atoms with Crippen molar-refractivity contribution in [3.8, 4) is 5.75 Å². The van der Waals surface area contributed by atoms with Crippen LogP contribution < -0.4 is 10.1 Å². The van der Waals surface area contributed by atoms with Crippen molar-refractivity contribution in [3.05, 3.63) is 83.1 Å². The second-order valence-electron chi connectivity index (χ2n) is 6.62. The van der Waals surface area contributed by atoms with Crippen LogP contribution in [0, 0.1) is 12.7 Å². The van der Waals surface area contributed by atoms with Crippen LogP contribution in [-0.2, 0) is 5.60 Å². The Hall–Kier alpha value is -3.32. The van der Waals surface area contributed by atoms with Crippen LogP contribution in [-0.4, -0.2) is 28.1 Å². The van der Waals surface area contributed by atoms with E-state index in [4.69, 9.17) is 4.74 Å². The summed E-state index contributed by atoms with van der Waals surface area (Å²) in [7, 11) is 1.58. The summed E-state index contributed by atoms with van der Waals surface area (Å²) in [5.41, 5.74) is 0.422. The fraction of sp³-hybridized carbons (Fsp3) is 0.227. The minimum Gasteiger partial charge on any atom is -0.497 e. The minimum absolute atomic E-state index is 0.138. The number of aliphatic hydroxyl groups is 1. The Morgan fingerprint density at radius 2 is 1.83 bits per heavy atom. The molecule has 6 nitrogen and oxygen atoms in total. The van der Waals surface area contributed by atoms with E-state index in [0.717, 1.165) is 6.20 Å². The van der Waals surface area contributed by atoms with Crippen molar-refractivity contribution < 1.29 is 19.0 Å². The molecule has 0 radical (unpaired) electrons. The van der Waals surface area contributed by atoms with Crippen LogP contribution in [0.25, 0.3) is 0 Å². The number of rotatable bonds is 6. The van der Waals surface area contributed by atoms with Gasteiger partial charge in [0.25, 0.3) is 5.91 Å². The highest BCUT2D eigenvalue weighted by Gasteiger charge is 2.30. The van der Waals surface area contributed by atoms with Crippen LogP contribution in [0.15, 0.2) is 55.0 Å². The average molecular weight is 395 g/mol. The smallest absolute Gasteiger partial charge is 0.258 e. The van der Waals surface area contributed by atoms with Gasteiger partial charge in [0.15, 0.2) is 0 Å². The Labute approximate surface area is 168 Å². The maximum atomic E-state index is 13.6. The molecule has 1 amide bonds. The van der Waals surface area contributed by atoms with Crippen LogP contribution in [0.4, 0.5) is 10.2 Å². The van der Waals surface area contributed by atoms with Crippen molar-refractivity contribution in [2.45, 2.75) is 25.9 Å². The first-order chi connectivity index (χ1) is 13.9. The lowest BCUT2D eigenvalue weighted by atomic mass is 9.85. The second kappa shape index (κ2) is 8.36. The lowest BCUT2D eigenvalue weighted by Gasteiger charge is -2.28. The SMILES string of the molecule is CCC(O)(c1ccc(OC)cc1)c1ccc(NC(=O)c2cncc(F)c2C)nc1. The summed E-state index contributed by atoms with van der Waals surface area (Å²) in [5.74, 6) is -0.0646. The third-order valence-corrected chi connectivity index (χ3v) is 4.96. The summed E-state index contributed by atoms with van der Waals surface area (Å²) < 4.78 is 18.8. The predicted molar refractivity (Wildman–Crippen MR) is 107 cm³/mol. The Kier molecular flexibility index (Phi) is 5.89. The quantitative estimate of drug-likeness (QED) is 0.663. The largest absolute Gasteiger partial charge is 0.497 e. The molecule has 3 rings (SSSR count). The second-order valence-corrected chi connectivity index (χ2v) is 6.62. The molecule has 0 saturated heterocycles. The zero-order chi connectivity index (χ0) is 21.0. The fourth-order valence-electron chi connectivity index (χ4n) is 3.07. The molecule has 0 spiro atoms. The van der Waals surface area contributed by atoms with Crippen molar-refractivity contribution in [2.75, 3.05) is 12.4 Å². The summed E-state index contributed by atoms with van der Waals surface area (Å²) in [6, 6.07) is 10.5. The Morgan fingerprint density at radius 1 is 1.14 bits per heavy atom. The summed E-state index contributed by atoms with van der Waals surface area (Å²) in [4.78, 5) is 20.3. The van der Waals surface area contributed by atoms with E-state index in [0.29, 0.717) is 23.3 Å².